The smallest absolute Gasteiger partial charge is 0.272 e. The molecule has 0 unspecified atom stereocenters. The third-order valence-electron chi connectivity index (χ3n) is 4.83. The van der Waals surface area contributed by atoms with E-state index in [-0.39, 0.29) is 22.2 Å². The van der Waals surface area contributed by atoms with Crippen LogP contribution in [0.15, 0.2) is 54.6 Å². The molecule has 5 N–H and O–H groups in total. The molecule has 8 nitrogen and oxygen atoms in total. The number of nitrogens with two attached hydrogens (primary N) is 2. The zero-order valence-corrected chi connectivity index (χ0v) is 18.0. The molecule has 31 heavy (non-hydrogen) atoms. The predicted molar refractivity (Wildman–Crippen MR) is 121 cm³/mol. The Balaban J connectivity index is 1.93. The molecular weight excluding hydrogens is 414 g/mol. The lowest BCUT2D eigenvalue weighted by Crippen LogP contribution is -2.48. The SMILES string of the molecule is Cc1ccccc1N(C(=O)c1snc(C(N)=O)c1N)[C@@H](C)C(=O)NCc1ccccc1. The van der Waals surface area contributed by atoms with Gasteiger partial charge in [0, 0.05) is 12.2 Å². The highest BCUT2D eigenvalue weighted by molar-refractivity contribution is 7.09. The molecule has 1 atom stereocenters. The van der Waals surface area contributed by atoms with Crippen LogP contribution < -0.4 is 21.7 Å². The minimum absolute atomic E-state index is 0.0553. The normalized spacial score (nSPS) is 11.5. The number of nitrogen functional groups attached to an aromatic ring is 1. The third kappa shape index (κ3) is 4.72. The number of rotatable bonds is 7. The highest BCUT2D eigenvalue weighted by atomic mass is 32.1. The summed E-state index contributed by atoms with van der Waals surface area (Å²) in [6, 6.07) is 15.8. The van der Waals surface area contributed by atoms with E-state index in [1.807, 2.05) is 49.4 Å². The molecule has 0 saturated heterocycles. The molecule has 2 aromatic carbocycles. The van der Waals surface area contributed by atoms with Gasteiger partial charge >= 0.3 is 0 Å². The second-order valence-electron chi connectivity index (χ2n) is 6.98. The van der Waals surface area contributed by atoms with Crippen LogP contribution in [0, 0.1) is 6.92 Å². The Labute approximate surface area is 184 Å². The number of primary amides is 1. The van der Waals surface area contributed by atoms with Crippen molar-refractivity contribution >= 4 is 40.6 Å². The van der Waals surface area contributed by atoms with E-state index in [1.165, 1.54) is 4.90 Å². The summed E-state index contributed by atoms with van der Waals surface area (Å²) in [6.07, 6.45) is 0. The number of aromatic nitrogens is 1. The number of aryl methyl sites for hydroxylation is 1. The van der Waals surface area contributed by atoms with Gasteiger partial charge in [0.2, 0.25) is 5.91 Å². The van der Waals surface area contributed by atoms with Crippen molar-refractivity contribution < 1.29 is 14.4 Å². The summed E-state index contributed by atoms with van der Waals surface area (Å²) >= 11 is 0.782. The van der Waals surface area contributed by atoms with Gasteiger partial charge < -0.3 is 16.8 Å². The first-order valence-corrected chi connectivity index (χ1v) is 10.3. The number of carbonyl (C=O) groups is 3. The van der Waals surface area contributed by atoms with Crippen LogP contribution in [0.4, 0.5) is 11.4 Å². The van der Waals surface area contributed by atoms with E-state index < -0.39 is 17.9 Å². The molecule has 0 spiro atoms. The molecule has 1 heterocycles. The maximum absolute atomic E-state index is 13.5. The van der Waals surface area contributed by atoms with Crippen LogP contribution in [0.5, 0.6) is 0 Å². The first kappa shape index (κ1) is 22.0. The van der Waals surface area contributed by atoms with Crippen molar-refractivity contribution in [2.75, 3.05) is 10.6 Å². The quantitative estimate of drug-likeness (QED) is 0.522. The summed E-state index contributed by atoms with van der Waals surface area (Å²) in [5, 5.41) is 2.86. The number of hydrogen-bond acceptors (Lipinski definition) is 6. The van der Waals surface area contributed by atoms with E-state index in [1.54, 1.807) is 19.1 Å². The molecule has 3 amide bonds. The van der Waals surface area contributed by atoms with Crippen LogP contribution in [0.3, 0.4) is 0 Å². The Hall–Kier alpha value is -3.72. The highest BCUT2D eigenvalue weighted by Gasteiger charge is 2.32. The van der Waals surface area contributed by atoms with Crippen LogP contribution >= 0.6 is 11.5 Å². The molecule has 0 saturated carbocycles. The Morgan fingerprint density at radius 2 is 1.74 bits per heavy atom. The van der Waals surface area contributed by atoms with Crippen LogP contribution in [0.1, 0.15) is 38.2 Å². The Bertz CT molecular complexity index is 1110. The van der Waals surface area contributed by atoms with Gasteiger partial charge in [0.15, 0.2) is 5.69 Å². The van der Waals surface area contributed by atoms with E-state index >= 15 is 0 Å². The summed E-state index contributed by atoms with van der Waals surface area (Å²) in [5.74, 6) is -1.68. The van der Waals surface area contributed by atoms with Crippen LogP contribution in [-0.4, -0.2) is 28.1 Å². The second kappa shape index (κ2) is 9.40. The maximum atomic E-state index is 13.5. The van der Waals surface area contributed by atoms with Crippen LogP contribution in [0.25, 0.3) is 0 Å². The number of hydrogen-bond donors (Lipinski definition) is 3. The molecule has 3 rings (SSSR count). The van der Waals surface area contributed by atoms with Crippen molar-refractivity contribution in [1.29, 1.82) is 0 Å². The number of para-hydroxylation sites is 1. The Morgan fingerprint density at radius 1 is 1.10 bits per heavy atom. The number of anilines is 2. The van der Waals surface area contributed by atoms with Gasteiger partial charge in [-0.2, -0.15) is 4.37 Å². The standard InChI is InChI=1S/C22H23N5O3S/c1-13-8-6-7-11-16(13)27(22(30)19-17(23)18(20(24)28)26-31-19)14(2)21(29)25-12-15-9-4-3-5-10-15/h3-11,14H,12,23H2,1-2H3,(H2,24,28)(H,25,29)/t14-/m0/s1. The Morgan fingerprint density at radius 3 is 2.35 bits per heavy atom. The summed E-state index contributed by atoms with van der Waals surface area (Å²) in [7, 11) is 0. The lowest BCUT2D eigenvalue weighted by atomic mass is 10.1. The highest BCUT2D eigenvalue weighted by Crippen LogP contribution is 2.29. The molecule has 0 aliphatic rings. The third-order valence-corrected chi connectivity index (χ3v) is 5.68. The van der Waals surface area contributed by atoms with Gasteiger partial charge in [-0.15, -0.1) is 0 Å². The molecule has 9 heteroatoms. The first-order chi connectivity index (χ1) is 14.8. The van der Waals surface area contributed by atoms with Gasteiger partial charge in [-0.3, -0.25) is 19.3 Å². The van der Waals surface area contributed by atoms with Crippen LogP contribution in [0.2, 0.25) is 0 Å². The molecule has 1 aromatic heterocycles. The zero-order valence-electron chi connectivity index (χ0n) is 17.2. The number of amides is 3. The molecule has 0 aliphatic heterocycles. The molecule has 0 radical (unpaired) electrons. The fourth-order valence-electron chi connectivity index (χ4n) is 3.12. The van der Waals surface area contributed by atoms with E-state index in [9.17, 15) is 14.4 Å². The van der Waals surface area contributed by atoms with Crippen molar-refractivity contribution in [3.05, 3.63) is 76.3 Å². The number of nitrogens with one attached hydrogen (secondary N) is 1. The molecule has 0 aliphatic carbocycles. The minimum Gasteiger partial charge on any atom is -0.395 e. The van der Waals surface area contributed by atoms with Crippen molar-refractivity contribution in [3.8, 4) is 0 Å². The Kier molecular flexibility index (Phi) is 6.66. The zero-order chi connectivity index (χ0) is 22.5. The number of carbonyl (C=O) groups excluding carboxylic acids is 3. The fraction of sp³-hybridized carbons (Fsp3) is 0.182. The molecular formula is C22H23N5O3S. The van der Waals surface area contributed by atoms with Gasteiger partial charge in [0.05, 0.1) is 5.69 Å². The first-order valence-electron chi connectivity index (χ1n) is 9.57. The lowest BCUT2D eigenvalue weighted by molar-refractivity contribution is -0.122. The monoisotopic (exact) mass is 437 g/mol. The fourth-order valence-corrected chi connectivity index (χ4v) is 3.86. The minimum atomic E-state index is -0.851. The summed E-state index contributed by atoms with van der Waals surface area (Å²) in [4.78, 5) is 39.3. The van der Waals surface area contributed by atoms with Crippen molar-refractivity contribution in [1.82, 2.24) is 9.69 Å². The van der Waals surface area contributed by atoms with Gasteiger partial charge in [-0.1, -0.05) is 48.5 Å². The maximum Gasteiger partial charge on any atom is 0.272 e. The van der Waals surface area contributed by atoms with E-state index in [2.05, 4.69) is 9.69 Å². The van der Waals surface area contributed by atoms with Crippen molar-refractivity contribution in [3.63, 3.8) is 0 Å². The van der Waals surface area contributed by atoms with Gasteiger partial charge in [0.1, 0.15) is 10.9 Å². The van der Waals surface area contributed by atoms with E-state index in [0.717, 1.165) is 22.7 Å². The van der Waals surface area contributed by atoms with E-state index in [0.29, 0.717) is 12.2 Å². The van der Waals surface area contributed by atoms with Crippen LogP contribution in [-0.2, 0) is 11.3 Å². The van der Waals surface area contributed by atoms with Gasteiger partial charge in [0.25, 0.3) is 11.8 Å². The summed E-state index contributed by atoms with van der Waals surface area (Å²) in [5.41, 5.74) is 13.3. The molecule has 3 aromatic rings. The average molecular weight is 438 g/mol. The van der Waals surface area contributed by atoms with Gasteiger partial charge in [-0.05, 0) is 42.6 Å². The van der Waals surface area contributed by atoms with Crippen molar-refractivity contribution in [2.24, 2.45) is 5.73 Å². The van der Waals surface area contributed by atoms with Crippen molar-refractivity contribution in [2.45, 2.75) is 26.4 Å². The van der Waals surface area contributed by atoms with E-state index in [4.69, 9.17) is 11.5 Å². The van der Waals surface area contributed by atoms with Gasteiger partial charge in [-0.25, -0.2) is 0 Å². The topological polar surface area (TPSA) is 131 Å². The lowest BCUT2D eigenvalue weighted by Gasteiger charge is -2.29. The summed E-state index contributed by atoms with van der Waals surface area (Å²) in [6.45, 7) is 3.81. The molecule has 0 bridgehead atoms. The summed E-state index contributed by atoms with van der Waals surface area (Å²) < 4.78 is 3.91. The molecule has 160 valence electrons. The number of nitrogens with zero attached hydrogens (tertiary/aromatic N) is 2. The largest absolute Gasteiger partial charge is 0.395 e. The second-order valence-corrected chi connectivity index (χ2v) is 7.75. The molecule has 0 fully saturated rings. The average Bonchev–Trinajstić information content (AvgIpc) is 3.15. The number of benzene rings is 2. The predicted octanol–water partition coefficient (Wildman–Crippen LogP) is 2.48.